The van der Waals surface area contributed by atoms with E-state index in [-0.39, 0.29) is 28.5 Å². The SMILES string of the molecule is CN(C)C1CCN(C(=O)[C@@H](Cc2cc(Br)c(N)c(C(F)(F)F)c2)OC(=O)N2CCC(N3Cc4cscc4NC3=O)CC2)CC1. The maximum Gasteiger partial charge on any atom is 0.418 e. The summed E-state index contributed by atoms with van der Waals surface area (Å²) in [5.41, 5.74) is 6.25. The van der Waals surface area contributed by atoms with E-state index >= 15 is 0 Å². The van der Waals surface area contributed by atoms with Gasteiger partial charge in [0, 0.05) is 60.1 Å². The Morgan fingerprint density at radius 1 is 1.11 bits per heavy atom. The first-order chi connectivity index (χ1) is 20.8. The maximum atomic E-state index is 13.7. The Morgan fingerprint density at radius 3 is 2.41 bits per heavy atom. The van der Waals surface area contributed by atoms with Crippen molar-refractivity contribution in [3.05, 3.63) is 44.1 Å². The third-order valence-electron chi connectivity index (χ3n) is 8.69. The zero-order valence-corrected chi connectivity index (χ0v) is 26.9. The number of nitrogens with two attached hydrogens (primary N) is 1. The van der Waals surface area contributed by atoms with Gasteiger partial charge in [-0.25, -0.2) is 9.59 Å². The highest BCUT2D eigenvalue weighted by molar-refractivity contribution is 9.10. The lowest BCUT2D eigenvalue weighted by atomic mass is 10.00. The number of likely N-dealkylation sites (tertiary alicyclic amines) is 2. The lowest BCUT2D eigenvalue weighted by Crippen LogP contribution is -2.52. The van der Waals surface area contributed by atoms with Crippen LogP contribution in [0.2, 0.25) is 0 Å². The van der Waals surface area contributed by atoms with Crippen molar-refractivity contribution in [2.45, 2.75) is 63.0 Å². The molecular weight excluding hydrogens is 665 g/mol. The number of urea groups is 1. The number of halogens is 4. The number of anilines is 2. The summed E-state index contributed by atoms with van der Waals surface area (Å²) in [7, 11) is 3.95. The molecule has 0 spiro atoms. The van der Waals surface area contributed by atoms with Gasteiger partial charge in [-0.1, -0.05) is 0 Å². The largest absolute Gasteiger partial charge is 0.436 e. The second-order valence-corrected chi connectivity index (χ2v) is 13.3. The zero-order valence-electron chi connectivity index (χ0n) is 24.5. The Hall–Kier alpha value is -3.04. The molecule has 44 heavy (non-hydrogen) atoms. The Labute approximate surface area is 266 Å². The molecule has 2 saturated heterocycles. The predicted molar refractivity (Wildman–Crippen MR) is 164 cm³/mol. The molecule has 0 radical (unpaired) electrons. The summed E-state index contributed by atoms with van der Waals surface area (Å²) in [5, 5.41) is 6.82. The topological polar surface area (TPSA) is 111 Å². The summed E-state index contributed by atoms with van der Waals surface area (Å²) in [4.78, 5) is 46.8. The van der Waals surface area contributed by atoms with E-state index in [1.54, 1.807) is 9.80 Å². The van der Waals surface area contributed by atoms with E-state index in [1.165, 1.54) is 22.3 Å². The van der Waals surface area contributed by atoms with Gasteiger partial charge in [0.25, 0.3) is 5.91 Å². The van der Waals surface area contributed by atoms with Crippen LogP contribution in [0.1, 0.15) is 42.4 Å². The van der Waals surface area contributed by atoms with E-state index < -0.39 is 35.5 Å². The highest BCUT2D eigenvalue weighted by Gasteiger charge is 2.38. The number of amides is 4. The van der Waals surface area contributed by atoms with Crippen LogP contribution in [0.4, 0.5) is 34.1 Å². The van der Waals surface area contributed by atoms with Crippen molar-refractivity contribution in [3.63, 3.8) is 0 Å². The molecule has 0 bridgehead atoms. The van der Waals surface area contributed by atoms with Crippen LogP contribution >= 0.6 is 27.3 Å². The summed E-state index contributed by atoms with van der Waals surface area (Å²) >= 11 is 4.63. The van der Waals surface area contributed by atoms with Crippen LogP contribution in [0.25, 0.3) is 0 Å². The average molecular weight is 702 g/mol. The number of hydrogen-bond acceptors (Lipinski definition) is 7. The third-order valence-corrected chi connectivity index (χ3v) is 10.1. The molecule has 0 saturated carbocycles. The Bertz CT molecular complexity index is 1390. The van der Waals surface area contributed by atoms with E-state index in [2.05, 4.69) is 26.1 Å². The Kier molecular flexibility index (Phi) is 9.66. The molecule has 1 atom stereocenters. The van der Waals surface area contributed by atoms with Crippen LogP contribution in [0, 0.1) is 0 Å². The van der Waals surface area contributed by atoms with E-state index in [1.807, 2.05) is 24.9 Å². The second-order valence-electron chi connectivity index (χ2n) is 11.7. The molecule has 0 unspecified atom stereocenters. The van der Waals surface area contributed by atoms with Gasteiger partial charge >= 0.3 is 18.3 Å². The number of alkyl halides is 3. The first-order valence-corrected chi connectivity index (χ1v) is 16.2. The third kappa shape index (κ3) is 7.09. The van der Waals surface area contributed by atoms with Crippen molar-refractivity contribution in [3.8, 4) is 0 Å². The van der Waals surface area contributed by atoms with Crippen molar-refractivity contribution in [2.75, 3.05) is 51.3 Å². The maximum absolute atomic E-state index is 13.7. The van der Waals surface area contributed by atoms with Crippen LogP contribution in [-0.2, 0) is 28.7 Å². The first-order valence-electron chi connectivity index (χ1n) is 14.5. The highest BCUT2D eigenvalue weighted by Crippen LogP contribution is 2.38. The standard InChI is InChI=1S/C29H36BrF3N6O4S/c1-36(2)19-3-7-37(8-4-19)26(40)24(13-17-11-21(29(31,32)33)25(34)22(30)12-17)43-28(42)38-9-5-20(6-10-38)39-14-18-15-44-16-23(18)35-27(39)41/h11-12,15-16,19-20,24H,3-10,13-14,34H2,1-2H3,(H,35,41)/t24-/m1/s1. The molecule has 4 amide bonds. The molecule has 1 aromatic carbocycles. The molecule has 2 fully saturated rings. The van der Waals surface area contributed by atoms with Gasteiger partial charge in [0.1, 0.15) is 0 Å². The molecule has 3 N–H and O–H groups in total. The summed E-state index contributed by atoms with van der Waals surface area (Å²) < 4.78 is 46.9. The van der Waals surface area contributed by atoms with Gasteiger partial charge in [0.2, 0.25) is 0 Å². The van der Waals surface area contributed by atoms with Crippen molar-refractivity contribution in [1.29, 1.82) is 0 Å². The summed E-state index contributed by atoms with van der Waals surface area (Å²) in [6, 6.07) is 2.38. The average Bonchev–Trinajstić information content (AvgIpc) is 3.44. The minimum atomic E-state index is -4.70. The molecule has 0 aliphatic carbocycles. The van der Waals surface area contributed by atoms with Crippen molar-refractivity contribution in [2.24, 2.45) is 0 Å². The summed E-state index contributed by atoms with van der Waals surface area (Å²) in [6.45, 7) is 2.02. The monoisotopic (exact) mass is 700 g/mol. The Morgan fingerprint density at radius 2 is 1.77 bits per heavy atom. The molecule has 3 aliphatic rings. The van der Waals surface area contributed by atoms with Gasteiger partial charge in [0.05, 0.1) is 23.5 Å². The minimum absolute atomic E-state index is 0.0463. The van der Waals surface area contributed by atoms with Crippen LogP contribution in [0.15, 0.2) is 27.4 Å². The molecule has 15 heteroatoms. The van der Waals surface area contributed by atoms with Crippen LogP contribution in [0.3, 0.4) is 0 Å². The number of piperidine rings is 2. The van der Waals surface area contributed by atoms with Crippen molar-refractivity contribution < 1.29 is 32.3 Å². The van der Waals surface area contributed by atoms with Gasteiger partial charge in [-0.05, 0) is 78.8 Å². The number of rotatable bonds is 6. The number of hydrogen-bond donors (Lipinski definition) is 2. The van der Waals surface area contributed by atoms with E-state index in [4.69, 9.17) is 10.5 Å². The molecule has 3 aliphatic heterocycles. The number of nitrogens with zero attached hydrogens (tertiary/aromatic N) is 4. The number of carbonyl (C=O) groups is 3. The quantitative estimate of drug-likeness (QED) is 0.400. The Balaban J connectivity index is 1.28. The number of ether oxygens (including phenoxy) is 1. The van der Waals surface area contributed by atoms with Crippen molar-refractivity contribution >= 4 is 56.7 Å². The van der Waals surface area contributed by atoms with Gasteiger partial charge in [-0.3, -0.25) is 4.79 Å². The highest BCUT2D eigenvalue weighted by atomic mass is 79.9. The fourth-order valence-electron chi connectivity index (χ4n) is 6.08. The molecule has 4 heterocycles. The lowest BCUT2D eigenvalue weighted by molar-refractivity contribution is -0.142. The molecule has 240 valence electrons. The van der Waals surface area contributed by atoms with E-state index in [0.29, 0.717) is 51.6 Å². The molecular formula is C29H36BrF3N6O4S. The minimum Gasteiger partial charge on any atom is -0.436 e. The number of thiophene rings is 1. The fourth-order valence-corrected chi connectivity index (χ4v) is 7.36. The van der Waals surface area contributed by atoms with Crippen LogP contribution in [0.5, 0.6) is 0 Å². The zero-order chi connectivity index (χ0) is 31.8. The number of fused-ring (bicyclic) bond motifs is 1. The molecule has 2 aromatic rings. The van der Waals surface area contributed by atoms with Gasteiger partial charge in [-0.15, -0.1) is 11.3 Å². The second kappa shape index (κ2) is 13.1. The van der Waals surface area contributed by atoms with Gasteiger partial charge < -0.3 is 35.4 Å². The molecule has 5 rings (SSSR count). The van der Waals surface area contributed by atoms with Gasteiger partial charge in [0.15, 0.2) is 6.10 Å². The molecule has 1 aromatic heterocycles. The van der Waals surface area contributed by atoms with Crippen LogP contribution in [-0.4, -0.2) is 96.1 Å². The van der Waals surface area contributed by atoms with E-state index in [9.17, 15) is 27.6 Å². The van der Waals surface area contributed by atoms with E-state index in [0.717, 1.165) is 30.2 Å². The number of carbonyl (C=O) groups excluding carboxylic acids is 3. The van der Waals surface area contributed by atoms with Gasteiger partial charge in [-0.2, -0.15) is 13.2 Å². The number of benzene rings is 1. The summed E-state index contributed by atoms with van der Waals surface area (Å²) in [5.74, 6) is -0.441. The summed E-state index contributed by atoms with van der Waals surface area (Å²) in [6.07, 6.45) is -4.46. The first kappa shape index (κ1) is 32.4. The normalized spacial score (nSPS) is 19.2. The predicted octanol–water partition coefficient (Wildman–Crippen LogP) is 5.22. The smallest absolute Gasteiger partial charge is 0.418 e. The molecule has 10 nitrogen and oxygen atoms in total. The van der Waals surface area contributed by atoms with Crippen LogP contribution < -0.4 is 11.1 Å². The number of nitrogen functional groups attached to an aromatic ring is 1. The lowest BCUT2D eigenvalue weighted by Gasteiger charge is -2.40. The van der Waals surface area contributed by atoms with Crippen molar-refractivity contribution in [1.82, 2.24) is 19.6 Å². The number of nitrogens with one attached hydrogen (secondary N) is 1. The fraction of sp³-hybridized carbons (Fsp3) is 0.552.